The van der Waals surface area contributed by atoms with Crippen LogP contribution in [0.25, 0.3) is 0 Å². The average Bonchev–Trinajstić information content (AvgIpc) is 2.80. The molecule has 0 saturated heterocycles. The second-order valence-electron chi connectivity index (χ2n) is 4.74. The zero-order chi connectivity index (χ0) is 15.4. The summed E-state index contributed by atoms with van der Waals surface area (Å²) in [6, 6.07) is 3.51. The minimum atomic E-state index is -0.370. The number of aryl methyl sites for hydroxylation is 2. The quantitative estimate of drug-likeness (QED) is 0.915. The summed E-state index contributed by atoms with van der Waals surface area (Å²) in [5.41, 5.74) is 2.10. The van der Waals surface area contributed by atoms with Gasteiger partial charge in [0.05, 0.1) is 18.2 Å². The van der Waals surface area contributed by atoms with E-state index >= 15 is 0 Å². The second kappa shape index (κ2) is 6.39. The van der Waals surface area contributed by atoms with Gasteiger partial charge in [-0.3, -0.25) is 4.79 Å². The molecule has 0 radical (unpaired) electrons. The number of nitrogens with zero attached hydrogens (tertiary/aromatic N) is 2. The van der Waals surface area contributed by atoms with Crippen molar-refractivity contribution in [1.29, 1.82) is 0 Å². The molecule has 21 heavy (non-hydrogen) atoms. The van der Waals surface area contributed by atoms with Crippen LogP contribution >= 0.6 is 0 Å². The summed E-state index contributed by atoms with van der Waals surface area (Å²) in [5, 5.41) is 6.72. The Balaban J connectivity index is 2.18. The molecule has 2 rings (SSSR count). The summed E-state index contributed by atoms with van der Waals surface area (Å²) in [6.45, 7) is 7.80. The van der Waals surface area contributed by atoms with Crippen LogP contribution < -0.4 is 10.1 Å². The average molecular weight is 289 g/mol. The van der Waals surface area contributed by atoms with Gasteiger partial charge in [0.15, 0.2) is 0 Å². The van der Waals surface area contributed by atoms with E-state index in [1.807, 2.05) is 20.8 Å². The van der Waals surface area contributed by atoms with E-state index in [2.05, 4.69) is 15.5 Å². The van der Waals surface area contributed by atoms with Crippen LogP contribution in [0.3, 0.4) is 0 Å². The zero-order valence-electron chi connectivity index (χ0n) is 12.6. The van der Waals surface area contributed by atoms with Crippen molar-refractivity contribution >= 4 is 11.6 Å². The van der Waals surface area contributed by atoms with Crippen molar-refractivity contribution in [2.45, 2.75) is 33.6 Å². The highest BCUT2D eigenvalue weighted by Crippen LogP contribution is 2.26. The Labute approximate surface area is 123 Å². The molecule has 0 bridgehead atoms. The highest BCUT2D eigenvalue weighted by molar-refractivity contribution is 5.96. The molecular weight excluding hydrogens is 270 g/mol. The van der Waals surface area contributed by atoms with E-state index in [4.69, 9.17) is 9.26 Å². The summed E-state index contributed by atoms with van der Waals surface area (Å²) >= 11 is 0. The molecule has 0 aliphatic heterocycles. The van der Waals surface area contributed by atoms with Crippen LogP contribution in [0.4, 0.5) is 5.69 Å². The predicted octanol–water partition coefficient (Wildman–Crippen LogP) is 2.83. The van der Waals surface area contributed by atoms with Crippen molar-refractivity contribution in [2.75, 3.05) is 11.9 Å². The lowest BCUT2D eigenvalue weighted by atomic mass is 9.98. The third-order valence-electron chi connectivity index (χ3n) is 3.22. The van der Waals surface area contributed by atoms with Gasteiger partial charge in [0.1, 0.15) is 11.4 Å². The van der Waals surface area contributed by atoms with Crippen LogP contribution in [0.2, 0.25) is 0 Å². The van der Waals surface area contributed by atoms with Gasteiger partial charge in [-0.05, 0) is 39.8 Å². The monoisotopic (exact) mass is 289 g/mol. The number of aromatic nitrogens is 2. The molecule has 6 nitrogen and oxygen atoms in total. The Morgan fingerprint density at radius 2 is 2.24 bits per heavy atom. The minimum Gasteiger partial charge on any atom is -0.476 e. The van der Waals surface area contributed by atoms with Crippen LogP contribution in [0.1, 0.15) is 36.8 Å². The van der Waals surface area contributed by atoms with E-state index in [9.17, 15) is 4.79 Å². The minimum absolute atomic E-state index is 0.154. The number of hydrogen-bond acceptors (Lipinski definition) is 5. The maximum atomic E-state index is 12.4. The molecule has 6 heteroatoms. The fourth-order valence-corrected chi connectivity index (χ4v) is 2.22. The number of hydrogen-bond donors (Lipinski definition) is 1. The molecule has 0 aromatic carbocycles. The van der Waals surface area contributed by atoms with Crippen LogP contribution in [0.5, 0.6) is 5.88 Å². The van der Waals surface area contributed by atoms with E-state index in [1.165, 1.54) is 0 Å². The third kappa shape index (κ3) is 3.21. The molecule has 1 N–H and O–H groups in total. The SMILES string of the molecule is CCOc1ncccc1NC(=O)[C@@H](C)c1c(C)noc1C. The number of amides is 1. The first kappa shape index (κ1) is 15.0. The van der Waals surface area contributed by atoms with Gasteiger partial charge in [0.25, 0.3) is 0 Å². The maximum absolute atomic E-state index is 12.4. The Bertz CT molecular complexity index is 617. The first-order valence-electron chi connectivity index (χ1n) is 6.86. The van der Waals surface area contributed by atoms with Gasteiger partial charge in [0.2, 0.25) is 11.8 Å². The molecular formula is C15H19N3O3. The zero-order valence-corrected chi connectivity index (χ0v) is 12.6. The molecule has 0 aliphatic carbocycles. The summed E-state index contributed by atoms with van der Waals surface area (Å²) in [4.78, 5) is 16.5. The lowest BCUT2D eigenvalue weighted by molar-refractivity contribution is -0.117. The molecule has 0 fully saturated rings. The molecule has 0 spiro atoms. The van der Waals surface area contributed by atoms with Crippen LogP contribution in [0, 0.1) is 13.8 Å². The molecule has 2 aromatic rings. The highest BCUT2D eigenvalue weighted by Gasteiger charge is 2.23. The van der Waals surface area contributed by atoms with E-state index in [1.54, 1.807) is 25.3 Å². The summed E-state index contributed by atoms with van der Waals surface area (Å²) < 4.78 is 10.5. The summed E-state index contributed by atoms with van der Waals surface area (Å²) in [6.07, 6.45) is 1.62. The molecule has 2 heterocycles. The highest BCUT2D eigenvalue weighted by atomic mass is 16.5. The number of rotatable bonds is 5. The first-order chi connectivity index (χ1) is 10.0. The molecule has 1 atom stereocenters. The van der Waals surface area contributed by atoms with Crippen molar-refractivity contribution < 1.29 is 14.1 Å². The standard InChI is InChI=1S/C15H19N3O3/c1-5-20-15-12(7-6-8-16-15)17-14(19)9(2)13-10(3)18-21-11(13)4/h6-9H,5H2,1-4H3,(H,17,19)/t9-/m0/s1. The largest absolute Gasteiger partial charge is 0.476 e. The molecule has 0 saturated carbocycles. The summed E-state index contributed by atoms with van der Waals surface area (Å²) in [5.74, 6) is 0.551. The van der Waals surface area contributed by atoms with Gasteiger partial charge < -0.3 is 14.6 Å². The van der Waals surface area contributed by atoms with E-state index in [-0.39, 0.29) is 11.8 Å². The fraction of sp³-hybridized carbons (Fsp3) is 0.400. The molecule has 0 aliphatic rings. The smallest absolute Gasteiger partial charge is 0.237 e. The second-order valence-corrected chi connectivity index (χ2v) is 4.74. The van der Waals surface area contributed by atoms with Gasteiger partial charge in [0, 0.05) is 11.8 Å². The van der Waals surface area contributed by atoms with Crippen LogP contribution in [-0.2, 0) is 4.79 Å². The number of nitrogens with one attached hydrogen (secondary N) is 1. The third-order valence-corrected chi connectivity index (χ3v) is 3.22. The Kier molecular flexibility index (Phi) is 4.57. The Morgan fingerprint density at radius 1 is 1.48 bits per heavy atom. The fourth-order valence-electron chi connectivity index (χ4n) is 2.22. The van der Waals surface area contributed by atoms with Gasteiger partial charge >= 0.3 is 0 Å². The predicted molar refractivity (Wildman–Crippen MR) is 78.4 cm³/mol. The van der Waals surface area contributed by atoms with Gasteiger partial charge in [-0.1, -0.05) is 5.16 Å². The van der Waals surface area contributed by atoms with E-state index in [0.717, 1.165) is 11.3 Å². The van der Waals surface area contributed by atoms with Crippen molar-refractivity contribution in [3.63, 3.8) is 0 Å². The molecule has 0 unspecified atom stereocenters. The lowest BCUT2D eigenvalue weighted by Crippen LogP contribution is -2.20. The topological polar surface area (TPSA) is 77.2 Å². The summed E-state index contributed by atoms with van der Waals surface area (Å²) in [7, 11) is 0. The van der Waals surface area contributed by atoms with Crippen molar-refractivity contribution in [3.8, 4) is 5.88 Å². The number of anilines is 1. The van der Waals surface area contributed by atoms with E-state index < -0.39 is 0 Å². The number of carbonyl (C=O) groups excluding carboxylic acids is 1. The normalized spacial score (nSPS) is 12.0. The number of ether oxygens (including phenoxy) is 1. The van der Waals surface area contributed by atoms with Crippen molar-refractivity contribution in [3.05, 3.63) is 35.3 Å². The number of pyridine rings is 1. The maximum Gasteiger partial charge on any atom is 0.237 e. The molecule has 1 amide bonds. The van der Waals surface area contributed by atoms with E-state index in [0.29, 0.717) is 23.9 Å². The van der Waals surface area contributed by atoms with Crippen LogP contribution in [-0.4, -0.2) is 22.7 Å². The molecule has 2 aromatic heterocycles. The van der Waals surface area contributed by atoms with Crippen molar-refractivity contribution in [2.24, 2.45) is 0 Å². The molecule has 112 valence electrons. The van der Waals surface area contributed by atoms with Gasteiger partial charge in [-0.2, -0.15) is 0 Å². The lowest BCUT2D eigenvalue weighted by Gasteiger charge is -2.14. The first-order valence-corrected chi connectivity index (χ1v) is 6.86. The Hall–Kier alpha value is -2.37. The van der Waals surface area contributed by atoms with Crippen molar-refractivity contribution in [1.82, 2.24) is 10.1 Å². The Morgan fingerprint density at radius 3 is 2.86 bits per heavy atom. The van der Waals surface area contributed by atoms with Gasteiger partial charge in [-0.15, -0.1) is 0 Å². The van der Waals surface area contributed by atoms with Crippen LogP contribution in [0.15, 0.2) is 22.9 Å². The van der Waals surface area contributed by atoms with Gasteiger partial charge in [-0.25, -0.2) is 4.98 Å². The number of carbonyl (C=O) groups is 1.